The number of anilines is 1. The highest BCUT2D eigenvalue weighted by Gasteiger charge is 2.17. The van der Waals surface area contributed by atoms with Gasteiger partial charge in [0.05, 0.1) is 33.8 Å². The summed E-state index contributed by atoms with van der Waals surface area (Å²) in [4.78, 5) is 22.7. The Hall–Kier alpha value is -3.14. The van der Waals surface area contributed by atoms with Crippen LogP contribution in [0, 0.1) is 10.1 Å². The van der Waals surface area contributed by atoms with Crippen molar-refractivity contribution in [3.05, 3.63) is 74.5 Å². The first-order chi connectivity index (χ1) is 14.3. The van der Waals surface area contributed by atoms with Crippen LogP contribution in [0.2, 0.25) is 10.0 Å². The maximum atomic E-state index is 12.4. The number of benzene rings is 2. The molecule has 0 fully saturated rings. The van der Waals surface area contributed by atoms with Crippen molar-refractivity contribution in [2.75, 3.05) is 12.4 Å². The van der Waals surface area contributed by atoms with Crippen molar-refractivity contribution in [3.63, 3.8) is 0 Å². The first kappa shape index (κ1) is 21.6. The second-order valence-corrected chi connectivity index (χ2v) is 7.01. The number of non-ortho nitro benzene ring substituents is 1. The average Bonchev–Trinajstić information content (AvgIpc) is 3.20. The zero-order valence-electron chi connectivity index (χ0n) is 15.3. The summed E-state index contributed by atoms with van der Waals surface area (Å²) in [5, 5.41) is 16.7. The number of carbonyl (C=O) groups is 1. The second-order valence-electron chi connectivity index (χ2n) is 5.82. The van der Waals surface area contributed by atoms with Crippen LogP contribution in [0.1, 0.15) is 10.6 Å². The number of furan rings is 1. The minimum absolute atomic E-state index is 0.000793. The Kier molecular flexibility index (Phi) is 6.56. The lowest BCUT2D eigenvalue weighted by Gasteiger charge is -2.12. The molecule has 1 amide bonds. The minimum Gasteiger partial charge on any atom is -0.494 e. The third kappa shape index (κ3) is 4.70. The molecule has 8 nitrogen and oxygen atoms in total. The Bertz CT molecular complexity index is 1150. The summed E-state index contributed by atoms with van der Waals surface area (Å²) in [5.74, 6) is -0.0427. The van der Waals surface area contributed by atoms with Gasteiger partial charge in [0.15, 0.2) is 10.9 Å². The summed E-state index contributed by atoms with van der Waals surface area (Å²) >= 11 is 17.3. The van der Waals surface area contributed by atoms with E-state index in [0.29, 0.717) is 27.1 Å². The predicted molar refractivity (Wildman–Crippen MR) is 117 cm³/mol. The van der Waals surface area contributed by atoms with Gasteiger partial charge in [0.1, 0.15) is 11.5 Å². The number of carbonyl (C=O) groups excluding carboxylic acids is 1. The van der Waals surface area contributed by atoms with Crippen molar-refractivity contribution in [3.8, 4) is 17.1 Å². The number of rotatable bonds is 5. The molecule has 0 spiro atoms. The molecule has 0 radical (unpaired) electrons. The normalized spacial score (nSPS) is 10.4. The number of thiocarbonyl (C=S) groups is 1. The van der Waals surface area contributed by atoms with Crippen molar-refractivity contribution in [2.45, 2.75) is 0 Å². The van der Waals surface area contributed by atoms with Gasteiger partial charge >= 0.3 is 0 Å². The number of ether oxygens (including phenoxy) is 1. The first-order valence-electron chi connectivity index (χ1n) is 8.29. The van der Waals surface area contributed by atoms with E-state index in [9.17, 15) is 14.9 Å². The standard InChI is InChI=1S/C19H13Cl2N3O5S/c1-28-16-9-10(24(26)27)5-6-13(16)22-19(30)23-18(25)15-8-7-14(29-15)11-3-2-4-12(20)17(11)21/h2-9H,1H3,(H2,22,23,25,30). The van der Waals surface area contributed by atoms with E-state index >= 15 is 0 Å². The molecule has 0 saturated carbocycles. The van der Waals surface area contributed by atoms with E-state index in [1.807, 2.05) is 0 Å². The Morgan fingerprint density at radius 3 is 2.67 bits per heavy atom. The van der Waals surface area contributed by atoms with Crippen molar-refractivity contribution in [2.24, 2.45) is 0 Å². The number of nitro benzene ring substituents is 1. The zero-order chi connectivity index (χ0) is 21.8. The van der Waals surface area contributed by atoms with Crippen LogP contribution in [0.5, 0.6) is 5.75 Å². The van der Waals surface area contributed by atoms with E-state index < -0.39 is 10.8 Å². The zero-order valence-corrected chi connectivity index (χ0v) is 17.6. The van der Waals surface area contributed by atoms with Crippen molar-refractivity contribution < 1.29 is 18.9 Å². The van der Waals surface area contributed by atoms with Gasteiger partial charge in [0.25, 0.3) is 11.6 Å². The highest BCUT2D eigenvalue weighted by Crippen LogP contribution is 2.34. The van der Waals surface area contributed by atoms with E-state index in [-0.39, 0.29) is 22.3 Å². The van der Waals surface area contributed by atoms with Crippen LogP contribution in [0.3, 0.4) is 0 Å². The molecule has 3 rings (SSSR count). The van der Waals surface area contributed by atoms with Gasteiger partial charge in [0.2, 0.25) is 0 Å². The molecule has 1 heterocycles. The molecule has 0 aliphatic rings. The molecule has 0 aliphatic carbocycles. The summed E-state index contributed by atoms with van der Waals surface area (Å²) in [6, 6.07) is 12.1. The molecule has 11 heteroatoms. The van der Waals surface area contributed by atoms with Gasteiger partial charge in [-0.15, -0.1) is 0 Å². The Morgan fingerprint density at radius 2 is 1.97 bits per heavy atom. The van der Waals surface area contributed by atoms with Crippen LogP contribution < -0.4 is 15.4 Å². The second kappa shape index (κ2) is 9.12. The molecule has 0 bridgehead atoms. The van der Waals surface area contributed by atoms with E-state index in [1.165, 1.54) is 31.4 Å². The average molecular weight is 466 g/mol. The SMILES string of the molecule is COc1cc([N+](=O)[O-])ccc1NC(=S)NC(=O)c1ccc(-c2cccc(Cl)c2Cl)o1. The van der Waals surface area contributed by atoms with Gasteiger partial charge in [-0.2, -0.15) is 0 Å². The van der Waals surface area contributed by atoms with Crippen molar-refractivity contribution >= 4 is 57.8 Å². The Morgan fingerprint density at radius 1 is 1.20 bits per heavy atom. The summed E-state index contributed by atoms with van der Waals surface area (Å²) in [7, 11) is 1.36. The molecule has 30 heavy (non-hydrogen) atoms. The van der Waals surface area contributed by atoms with Crippen LogP contribution >= 0.6 is 35.4 Å². The third-order valence-corrected chi connectivity index (χ3v) is 4.94. The fraction of sp³-hybridized carbons (Fsp3) is 0.0526. The number of methoxy groups -OCH3 is 1. The third-order valence-electron chi connectivity index (χ3n) is 3.92. The maximum Gasteiger partial charge on any atom is 0.293 e. The first-order valence-corrected chi connectivity index (χ1v) is 9.45. The minimum atomic E-state index is -0.599. The topological polar surface area (TPSA) is 107 Å². The van der Waals surface area contributed by atoms with E-state index in [1.54, 1.807) is 24.3 Å². The molecular weight excluding hydrogens is 453 g/mol. The van der Waals surface area contributed by atoms with Gasteiger partial charge in [0, 0.05) is 11.6 Å². The van der Waals surface area contributed by atoms with Crippen LogP contribution in [-0.2, 0) is 0 Å². The number of amides is 1. The monoisotopic (exact) mass is 465 g/mol. The fourth-order valence-corrected chi connectivity index (χ4v) is 3.11. The van der Waals surface area contributed by atoms with Crippen LogP contribution in [0.15, 0.2) is 52.9 Å². The van der Waals surface area contributed by atoms with Crippen LogP contribution in [0.25, 0.3) is 11.3 Å². The number of halogens is 2. The lowest BCUT2D eigenvalue weighted by atomic mass is 10.2. The Balaban J connectivity index is 1.71. The molecule has 0 unspecified atom stereocenters. The van der Waals surface area contributed by atoms with Gasteiger partial charge in [-0.3, -0.25) is 20.2 Å². The predicted octanol–water partition coefficient (Wildman–Crippen LogP) is 5.30. The molecular formula is C19H13Cl2N3O5S. The summed E-state index contributed by atoms with van der Waals surface area (Å²) in [6.07, 6.45) is 0. The highest BCUT2D eigenvalue weighted by atomic mass is 35.5. The van der Waals surface area contributed by atoms with Crippen LogP contribution in [0.4, 0.5) is 11.4 Å². The van der Waals surface area contributed by atoms with Gasteiger partial charge < -0.3 is 14.5 Å². The molecule has 2 aromatic carbocycles. The fourth-order valence-electron chi connectivity index (χ4n) is 2.51. The van der Waals surface area contributed by atoms with Gasteiger partial charge in [-0.1, -0.05) is 29.3 Å². The Labute approximate surface area is 185 Å². The molecule has 0 aliphatic heterocycles. The molecule has 154 valence electrons. The van der Waals surface area contributed by atoms with Gasteiger partial charge in [-0.25, -0.2) is 0 Å². The molecule has 0 atom stereocenters. The molecule has 0 saturated heterocycles. The number of hydrogen-bond donors (Lipinski definition) is 2. The summed E-state index contributed by atoms with van der Waals surface area (Å²) in [6.45, 7) is 0. The molecule has 2 N–H and O–H groups in total. The lowest BCUT2D eigenvalue weighted by Crippen LogP contribution is -2.34. The number of nitrogens with one attached hydrogen (secondary N) is 2. The quantitative estimate of drug-likeness (QED) is 0.299. The summed E-state index contributed by atoms with van der Waals surface area (Å²) in [5.41, 5.74) is 0.744. The highest BCUT2D eigenvalue weighted by molar-refractivity contribution is 7.80. The smallest absolute Gasteiger partial charge is 0.293 e. The van der Waals surface area contributed by atoms with Crippen molar-refractivity contribution in [1.29, 1.82) is 0 Å². The van der Waals surface area contributed by atoms with E-state index in [0.717, 1.165) is 0 Å². The molecule has 3 aromatic rings. The number of hydrogen-bond acceptors (Lipinski definition) is 6. The number of nitrogens with zero attached hydrogens (tertiary/aromatic N) is 1. The van der Waals surface area contributed by atoms with Gasteiger partial charge in [-0.05, 0) is 42.5 Å². The van der Waals surface area contributed by atoms with Crippen LogP contribution in [-0.4, -0.2) is 23.1 Å². The lowest BCUT2D eigenvalue weighted by molar-refractivity contribution is -0.384. The maximum absolute atomic E-state index is 12.4. The molecule has 1 aromatic heterocycles. The summed E-state index contributed by atoms with van der Waals surface area (Å²) < 4.78 is 10.7. The van der Waals surface area contributed by atoms with E-state index in [4.69, 9.17) is 44.6 Å². The van der Waals surface area contributed by atoms with Crippen molar-refractivity contribution in [1.82, 2.24) is 5.32 Å². The van der Waals surface area contributed by atoms with E-state index in [2.05, 4.69) is 10.6 Å². The largest absolute Gasteiger partial charge is 0.494 e. The number of nitro groups is 1.